The van der Waals surface area contributed by atoms with Crippen LogP contribution >= 0.6 is 0 Å². The topological polar surface area (TPSA) is 41.6 Å². The highest BCUT2D eigenvalue weighted by Crippen LogP contribution is 2.29. The molecule has 21 heavy (non-hydrogen) atoms. The molecule has 116 valence electrons. The van der Waals surface area contributed by atoms with Gasteiger partial charge in [-0.2, -0.15) is 0 Å². The molecule has 2 rings (SSSR count). The largest absolute Gasteiger partial charge is 0.494 e. The zero-order valence-corrected chi connectivity index (χ0v) is 13.4. The van der Waals surface area contributed by atoms with Crippen LogP contribution in [-0.2, 0) is 4.79 Å². The summed E-state index contributed by atoms with van der Waals surface area (Å²) < 4.78 is 5.48. The summed E-state index contributed by atoms with van der Waals surface area (Å²) in [6, 6.07) is 7.94. The van der Waals surface area contributed by atoms with Crippen LogP contribution < -0.4 is 10.1 Å². The van der Waals surface area contributed by atoms with E-state index in [0.717, 1.165) is 24.3 Å². The molecule has 1 saturated heterocycles. The summed E-state index contributed by atoms with van der Waals surface area (Å²) >= 11 is 0. The molecular formula is C17H26N2O2. The van der Waals surface area contributed by atoms with E-state index in [1.54, 1.807) is 0 Å². The van der Waals surface area contributed by atoms with Gasteiger partial charge in [-0.25, -0.2) is 0 Å². The van der Waals surface area contributed by atoms with Crippen molar-refractivity contribution in [2.75, 3.05) is 13.2 Å². The lowest BCUT2D eigenvalue weighted by Gasteiger charge is -2.24. The smallest absolute Gasteiger partial charge is 0.241 e. The van der Waals surface area contributed by atoms with Gasteiger partial charge >= 0.3 is 0 Å². The van der Waals surface area contributed by atoms with Crippen LogP contribution in [0.15, 0.2) is 24.3 Å². The monoisotopic (exact) mass is 290 g/mol. The maximum Gasteiger partial charge on any atom is 0.241 e. The molecule has 0 aromatic heterocycles. The Labute approximate surface area is 127 Å². The van der Waals surface area contributed by atoms with E-state index < -0.39 is 0 Å². The normalized spacial score (nSPS) is 22.1. The fraction of sp³-hybridized carbons (Fsp3) is 0.588. The third-order valence-electron chi connectivity index (χ3n) is 3.84. The van der Waals surface area contributed by atoms with Crippen molar-refractivity contribution in [1.29, 1.82) is 0 Å². The number of rotatable bonds is 6. The number of benzene rings is 1. The lowest BCUT2D eigenvalue weighted by atomic mass is 10.1. The van der Waals surface area contributed by atoms with Crippen LogP contribution in [0.4, 0.5) is 0 Å². The summed E-state index contributed by atoms with van der Waals surface area (Å²) in [6.45, 7) is 9.69. The Morgan fingerprint density at radius 1 is 1.24 bits per heavy atom. The zero-order valence-electron chi connectivity index (χ0n) is 13.4. The van der Waals surface area contributed by atoms with Gasteiger partial charge < -0.3 is 9.64 Å². The van der Waals surface area contributed by atoms with Gasteiger partial charge in [0.15, 0.2) is 0 Å². The highest BCUT2D eigenvalue weighted by atomic mass is 16.5. The van der Waals surface area contributed by atoms with E-state index in [9.17, 15) is 4.79 Å². The molecule has 1 aromatic carbocycles. The van der Waals surface area contributed by atoms with Crippen molar-refractivity contribution in [1.82, 2.24) is 10.2 Å². The summed E-state index contributed by atoms with van der Waals surface area (Å²) in [5.74, 6) is 1.38. The third kappa shape index (κ3) is 3.38. The first-order valence-electron chi connectivity index (χ1n) is 7.87. The highest BCUT2D eigenvalue weighted by molar-refractivity contribution is 5.84. The minimum absolute atomic E-state index is 0.0273. The first kappa shape index (κ1) is 15.8. The van der Waals surface area contributed by atoms with E-state index >= 15 is 0 Å². The van der Waals surface area contributed by atoms with Gasteiger partial charge in [0, 0.05) is 6.54 Å². The van der Waals surface area contributed by atoms with Gasteiger partial charge in [0.05, 0.1) is 12.6 Å². The Morgan fingerprint density at radius 3 is 2.43 bits per heavy atom. The molecule has 1 N–H and O–H groups in total. The van der Waals surface area contributed by atoms with Crippen LogP contribution in [0.2, 0.25) is 0 Å². The molecule has 0 bridgehead atoms. The lowest BCUT2D eigenvalue weighted by molar-refractivity contribution is -0.130. The van der Waals surface area contributed by atoms with Crippen LogP contribution in [0.3, 0.4) is 0 Å². The highest BCUT2D eigenvalue weighted by Gasteiger charge is 2.40. The van der Waals surface area contributed by atoms with Gasteiger partial charge in [0.25, 0.3) is 0 Å². The molecule has 4 nitrogen and oxygen atoms in total. The fourth-order valence-corrected chi connectivity index (χ4v) is 2.78. The van der Waals surface area contributed by atoms with Crippen molar-refractivity contribution in [3.8, 4) is 5.75 Å². The van der Waals surface area contributed by atoms with E-state index in [4.69, 9.17) is 4.74 Å². The molecule has 2 atom stereocenters. The Bertz CT molecular complexity index is 470. The second-order valence-corrected chi connectivity index (χ2v) is 5.82. The molecule has 0 saturated carbocycles. The molecule has 1 fully saturated rings. The number of nitrogens with one attached hydrogen (secondary N) is 1. The standard InChI is InChI=1S/C17H26N2O2/c1-5-11-19-16(18-15(12(3)4)17(19)20)13-7-9-14(10-8-13)21-6-2/h7-10,12,15-16,18H,5-6,11H2,1-4H3. The molecule has 2 unspecified atom stereocenters. The first-order valence-corrected chi connectivity index (χ1v) is 7.87. The molecular weight excluding hydrogens is 264 g/mol. The molecule has 0 spiro atoms. The number of amides is 1. The summed E-state index contributed by atoms with van der Waals surface area (Å²) in [6.07, 6.45) is 0.937. The number of nitrogens with zero attached hydrogens (tertiary/aromatic N) is 1. The molecule has 0 aliphatic carbocycles. The summed E-state index contributed by atoms with van der Waals surface area (Å²) in [5, 5.41) is 3.48. The number of hydrogen-bond acceptors (Lipinski definition) is 3. The third-order valence-corrected chi connectivity index (χ3v) is 3.84. The lowest BCUT2D eigenvalue weighted by Crippen LogP contribution is -2.34. The van der Waals surface area contributed by atoms with Crippen molar-refractivity contribution >= 4 is 5.91 Å². The van der Waals surface area contributed by atoms with Crippen LogP contribution in [0.5, 0.6) is 5.75 Å². The molecule has 1 aliphatic heterocycles. The van der Waals surface area contributed by atoms with Crippen LogP contribution in [0.25, 0.3) is 0 Å². The van der Waals surface area contributed by atoms with Crippen molar-refractivity contribution in [2.45, 2.75) is 46.3 Å². The van der Waals surface area contributed by atoms with Gasteiger partial charge in [-0.15, -0.1) is 0 Å². The van der Waals surface area contributed by atoms with E-state index in [1.807, 2.05) is 36.1 Å². The molecule has 1 aliphatic rings. The average molecular weight is 290 g/mol. The van der Waals surface area contributed by atoms with Gasteiger partial charge in [-0.1, -0.05) is 32.9 Å². The molecule has 0 radical (unpaired) electrons. The number of carbonyl (C=O) groups is 1. The fourth-order valence-electron chi connectivity index (χ4n) is 2.78. The van der Waals surface area contributed by atoms with Crippen LogP contribution in [0, 0.1) is 5.92 Å². The van der Waals surface area contributed by atoms with Gasteiger partial charge in [0.2, 0.25) is 5.91 Å². The number of ether oxygens (including phenoxy) is 1. The minimum atomic E-state index is -0.0897. The SMILES string of the molecule is CCCN1C(=O)C(C(C)C)NC1c1ccc(OCC)cc1. The van der Waals surface area contributed by atoms with E-state index in [-0.39, 0.29) is 18.1 Å². The van der Waals surface area contributed by atoms with E-state index in [0.29, 0.717) is 12.5 Å². The maximum absolute atomic E-state index is 12.5. The summed E-state index contributed by atoms with van der Waals surface area (Å²) in [4.78, 5) is 14.5. The summed E-state index contributed by atoms with van der Waals surface area (Å²) in [5.41, 5.74) is 1.11. The Morgan fingerprint density at radius 2 is 1.90 bits per heavy atom. The molecule has 4 heteroatoms. The first-order chi connectivity index (χ1) is 10.1. The van der Waals surface area contributed by atoms with Crippen molar-refractivity contribution in [3.63, 3.8) is 0 Å². The number of carbonyl (C=O) groups excluding carboxylic acids is 1. The van der Waals surface area contributed by atoms with Crippen LogP contribution in [-0.4, -0.2) is 30.0 Å². The van der Waals surface area contributed by atoms with Crippen molar-refractivity contribution in [2.24, 2.45) is 5.92 Å². The second-order valence-electron chi connectivity index (χ2n) is 5.82. The minimum Gasteiger partial charge on any atom is -0.494 e. The zero-order chi connectivity index (χ0) is 15.4. The maximum atomic E-state index is 12.5. The second kappa shape index (κ2) is 6.94. The van der Waals surface area contributed by atoms with Gasteiger partial charge in [-0.05, 0) is 37.0 Å². The molecule has 1 aromatic rings. The Kier molecular flexibility index (Phi) is 5.23. The van der Waals surface area contributed by atoms with Gasteiger partial charge in [0.1, 0.15) is 11.9 Å². The average Bonchev–Trinajstić information content (AvgIpc) is 2.78. The Balaban J connectivity index is 2.21. The molecule has 1 heterocycles. The van der Waals surface area contributed by atoms with Crippen molar-refractivity contribution in [3.05, 3.63) is 29.8 Å². The predicted molar refractivity (Wildman–Crippen MR) is 84.1 cm³/mol. The molecule has 1 amide bonds. The van der Waals surface area contributed by atoms with Crippen LogP contribution in [0.1, 0.15) is 45.8 Å². The van der Waals surface area contributed by atoms with E-state index in [2.05, 4.69) is 26.1 Å². The van der Waals surface area contributed by atoms with E-state index in [1.165, 1.54) is 0 Å². The Hall–Kier alpha value is -1.55. The predicted octanol–water partition coefficient (Wildman–Crippen LogP) is 2.95. The summed E-state index contributed by atoms with van der Waals surface area (Å²) in [7, 11) is 0. The van der Waals surface area contributed by atoms with Gasteiger partial charge in [-0.3, -0.25) is 10.1 Å². The quantitative estimate of drug-likeness (QED) is 0.876. The number of hydrogen-bond donors (Lipinski definition) is 1. The van der Waals surface area contributed by atoms with Crippen molar-refractivity contribution < 1.29 is 9.53 Å².